The molecule has 122 valence electrons. The van der Waals surface area contributed by atoms with Gasteiger partial charge in [-0.1, -0.05) is 12.1 Å². The van der Waals surface area contributed by atoms with Gasteiger partial charge < -0.3 is 10.1 Å². The van der Waals surface area contributed by atoms with Crippen LogP contribution < -0.4 is 14.8 Å². The Kier molecular flexibility index (Phi) is 4.90. The first-order chi connectivity index (χ1) is 10.8. The first-order valence-corrected chi connectivity index (χ1v) is 8.35. The van der Waals surface area contributed by atoms with Crippen LogP contribution in [0.5, 0.6) is 5.75 Å². The summed E-state index contributed by atoms with van der Waals surface area (Å²) in [5.41, 5.74) is 1.57. The lowest BCUT2D eigenvalue weighted by Crippen LogP contribution is -2.14. The Morgan fingerprint density at radius 3 is 2.48 bits per heavy atom. The fourth-order valence-corrected chi connectivity index (χ4v) is 3.21. The summed E-state index contributed by atoms with van der Waals surface area (Å²) in [6.07, 6.45) is 0. The van der Waals surface area contributed by atoms with Crippen molar-refractivity contribution in [3.8, 4) is 5.75 Å². The molecule has 0 aromatic heterocycles. The molecule has 0 heterocycles. The van der Waals surface area contributed by atoms with Gasteiger partial charge in [0.05, 0.1) is 23.4 Å². The Morgan fingerprint density at radius 2 is 1.87 bits per heavy atom. The average molecular weight is 334 g/mol. The molecule has 0 aliphatic heterocycles. The van der Waals surface area contributed by atoms with E-state index in [1.807, 2.05) is 13.0 Å². The molecule has 2 aromatic rings. The van der Waals surface area contributed by atoms with E-state index in [2.05, 4.69) is 10.0 Å². The van der Waals surface area contributed by atoms with E-state index in [1.54, 1.807) is 24.3 Å². The Hall–Kier alpha value is -2.54. The van der Waals surface area contributed by atoms with Crippen molar-refractivity contribution >= 4 is 27.3 Å². The van der Waals surface area contributed by atoms with Crippen molar-refractivity contribution in [3.63, 3.8) is 0 Å². The van der Waals surface area contributed by atoms with Gasteiger partial charge in [0.15, 0.2) is 0 Å². The van der Waals surface area contributed by atoms with Gasteiger partial charge in [0.25, 0.3) is 10.0 Å². The number of carbonyl (C=O) groups excluding carboxylic acids is 1. The molecular weight excluding hydrogens is 316 g/mol. The molecule has 0 fully saturated rings. The van der Waals surface area contributed by atoms with E-state index in [1.165, 1.54) is 26.2 Å². The number of aryl methyl sites for hydroxylation is 1. The Bertz CT molecular complexity index is 832. The first-order valence-electron chi connectivity index (χ1n) is 6.87. The molecule has 2 aromatic carbocycles. The SMILES string of the molecule is COc1ccc(NS(=O)(=O)c2cccc(C)c2)cc1NC(C)=O. The molecule has 0 aliphatic rings. The van der Waals surface area contributed by atoms with Crippen LogP contribution in [-0.4, -0.2) is 21.4 Å². The van der Waals surface area contributed by atoms with Crippen LogP contribution in [0.25, 0.3) is 0 Å². The van der Waals surface area contributed by atoms with Gasteiger partial charge in [-0.3, -0.25) is 9.52 Å². The standard InChI is InChI=1S/C16H18N2O4S/c1-11-5-4-6-14(9-11)23(20,21)18-13-7-8-16(22-3)15(10-13)17-12(2)19/h4-10,18H,1-3H3,(H,17,19). The number of methoxy groups -OCH3 is 1. The number of nitrogens with one attached hydrogen (secondary N) is 2. The third-order valence-corrected chi connectivity index (χ3v) is 4.44. The van der Waals surface area contributed by atoms with Crippen molar-refractivity contribution < 1.29 is 17.9 Å². The molecule has 0 radical (unpaired) electrons. The number of hydrogen-bond acceptors (Lipinski definition) is 4. The van der Waals surface area contributed by atoms with Crippen molar-refractivity contribution in [1.82, 2.24) is 0 Å². The number of anilines is 2. The highest BCUT2D eigenvalue weighted by atomic mass is 32.2. The topological polar surface area (TPSA) is 84.5 Å². The molecule has 0 saturated carbocycles. The summed E-state index contributed by atoms with van der Waals surface area (Å²) in [5.74, 6) is 0.167. The van der Waals surface area contributed by atoms with E-state index in [9.17, 15) is 13.2 Å². The first kappa shape index (κ1) is 16.8. The van der Waals surface area contributed by atoms with Crippen LogP contribution in [0.15, 0.2) is 47.4 Å². The van der Waals surface area contributed by atoms with Gasteiger partial charge in [-0.2, -0.15) is 0 Å². The van der Waals surface area contributed by atoms with Gasteiger partial charge in [-0.15, -0.1) is 0 Å². The molecule has 2 N–H and O–H groups in total. The monoisotopic (exact) mass is 334 g/mol. The van der Waals surface area contributed by atoms with E-state index in [4.69, 9.17) is 4.74 Å². The lowest BCUT2D eigenvalue weighted by atomic mass is 10.2. The predicted molar refractivity (Wildman–Crippen MR) is 89.3 cm³/mol. The number of rotatable bonds is 5. The van der Waals surface area contributed by atoms with Crippen LogP contribution in [0.2, 0.25) is 0 Å². The molecule has 0 unspecified atom stereocenters. The van der Waals surface area contributed by atoms with Crippen LogP contribution in [0.4, 0.5) is 11.4 Å². The molecule has 0 spiro atoms. The number of benzene rings is 2. The molecule has 0 aliphatic carbocycles. The molecule has 1 amide bonds. The van der Waals surface area contributed by atoms with Crippen molar-refractivity contribution in [2.75, 3.05) is 17.1 Å². The van der Waals surface area contributed by atoms with Gasteiger partial charge in [0, 0.05) is 6.92 Å². The Labute approximate surface area is 135 Å². The van der Waals surface area contributed by atoms with Crippen LogP contribution in [-0.2, 0) is 14.8 Å². The predicted octanol–water partition coefficient (Wildman–Crippen LogP) is 2.76. The Morgan fingerprint density at radius 1 is 1.13 bits per heavy atom. The molecular formula is C16H18N2O4S. The number of hydrogen-bond donors (Lipinski definition) is 2. The van der Waals surface area contributed by atoms with E-state index in [0.29, 0.717) is 17.1 Å². The summed E-state index contributed by atoms with van der Waals surface area (Å²) in [4.78, 5) is 11.4. The van der Waals surface area contributed by atoms with E-state index >= 15 is 0 Å². The molecule has 0 bridgehead atoms. The second-order valence-electron chi connectivity index (χ2n) is 5.02. The van der Waals surface area contributed by atoms with Crippen molar-refractivity contribution in [1.29, 1.82) is 0 Å². The number of ether oxygens (including phenoxy) is 1. The van der Waals surface area contributed by atoms with Gasteiger partial charge >= 0.3 is 0 Å². The summed E-state index contributed by atoms with van der Waals surface area (Å²) in [6.45, 7) is 3.18. The minimum atomic E-state index is -3.70. The number of sulfonamides is 1. The van der Waals surface area contributed by atoms with E-state index in [0.717, 1.165) is 5.56 Å². The summed E-state index contributed by atoms with van der Waals surface area (Å²) in [7, 11) is -2.23. The smallest absolute Gasteiger partial charge is 0.261 e. The molecule has 7 heteroatoms. The highest BCUT2D eigenvalue weighted by Crippen LogP contribution is 2.29. The molecule has 23 heavy (non-hydrogen) atoms. The average Bonchev–Trinajstić information content (AvgIpc) is 2.46. The zero-order valence-corrected chi connectivity index (χ0v) is 13.9. The second-order valence-corrected chi connectivity index (χ2v) is 6.70. The van der Waals surface area contributed by atoms with Crippen molar-refractivity contribution in [3.05, 3.63) is 48.0 Å². The van der Waals surface area contributed by atoms with E-state index < -0.39 is 10.0 Å². The van der Waals surface area contributed by atoms with Gasteiger partial charge in [-0.05, 0) is 42.8 Å². The summed E-state index contributed by atoms with van der Waals surface area (Å²) in [5, 5.41) is 2.60. The maximum absolute atomic E-state index is 12.4. The molecule has 0 atom stereocenters. The van der Waals surface area contributed by atoms with Gasteiger partial charge in [0.1, 0.15) is 5.75 Å². The maximum Gasteiger partial charge on any atom is 0.261 e. The third-order valence-electron chi connectivity index (χ3n) is 3.06. The normalized spacial score (nSPS) is 10.9. The second kappa shape index (κ2) is 6.70. The minimum Gasteiger partial charge on any atom is -0.495 e. The van der Waals surface area contributed by atoms with Crippen molar-refractivity contribution in [2.24, 2.45) is 0 Å². The molecule has 0 saturated heterocycles. The Balaban J connectivity index is 2.34. The van der Waals surface area contributed by atoms with Crippen LogP contribution in [0.1, 0.15) is 12.5 Å². The molecule has 6 nitrogen and oxygen atoms in total. The van der Waals surface area contributed by atoms with Crippen LogP contribution >= 0.6 is 0 Å². The third kappa shape index (κ3) is 4.23. The minimum absolute atomic E-state index is 0.175. The van der Waals surface area contributed by atoms with Crippen molar-refractivity contribution in [2.45, 2.75) is 18.7 Å². The quantitative estimate of drug-likeness (QED) is 0.880. The fraction of sp³-hybridized carbons (Fsp3) is 0.188. The van der Waals surface area contributed by atoms with Gasteiger partial charge in [0.2, 0.25) is 5.91 Å². The zero-order chi connectivity index (χ0) is 17.0. The largest absolute Gasteiger partial charge is 0.495 e. The molecule has 2 rings (SSSR count). The van der Waals surface area contributed by atoms with Gasteiger partial charge in [-0.25, -0.2) is 8.42 Å². The summed E-state index contributed by atoms with van der Waals surface area (Å²) < 4.78 is 32.5. The lowest BCUT2D eigenvalue weighted by molar-refractivity contribution is -0.114. The zero-order valence-electron chi connectivity index (χ0n) is 13.1. The fourth-order valence-electron chi connectivity index (χ4n) is 2.06. The van der Waals surface area contributed by atoms with Crippen LogP contribution in [0, 0.1) is 6.92 Å². The van der Waals surface area contributed by atoms with Crippen LogP contribution in [0.3, 0.4) is 0 Å². The highest BCUT2D eigenvalue weighted by molar-refractivity contribution is 7.92. The van der Waals surface area contributed by atoms with E-state index in [-0.39, 0.29) is 10.8 Å². The number of amides is 1. The summed E-state index contributed by atoms with van der Waals surface area (Å²) >= 11 is 0. The summed E-state index contributed by atoms with van der Waals surface area (Å²) in [6, 6.07) is 11.3. The lowest BCUT2D eigenvalue weighted by Gasteiger charge is -2.13. The highest BCUT2D eigenvalue weighted by Gasteiger charge is 2.15. The maximum atomic E-state index is 12.4. The number of carbonyl (C=O) groups is 1.